The summed E-state index contributed by atoms with van der Waals surface area (Å²) in [5, 5.41) is 0. The van der Waals surface area contributed by atoms with Gasteiger partial charge >= 0.3 is 5.97 Å². The number of rotatable bonds is 6. The van der Waals surface area contributed by atoms with E-state index in [0.29, 0.717) is 19.1 Å². The second-order valence-corrected chi connectivity index (χ2v) is 6.63. The molecule has 0 unspecified atom stereocenters. The molecule has 1 fully saturated rings. The third-order valence-corrected chi connectivity index (χ3v) is 4.43. The van der Waals surface area contributed by atoms with Crippen molar-refractivity contribution in [2.45, 2.75) is 47.5 Å². The minimum Gasteiger partial charge on any atom is -0.465 e. The van der Waals surface area contributed by atoms with E-state index in [4.69, 9.17) is 4.74 Å². The van der Waals surface area contributed by atoms with Crippen LogP contribution in [0.5, 0.6) is 0 Å². The summed E-state index contributed by atoms with van der Waals surface area (Å²) in [6.07, 6.45) is 2.29. The number of carbonyl (C=O) groups is 2. The first kappa shape index (κ1) is 17.2. The molecule has 0 aromatic carbocycles. The Bertz CT molecular complexity index is 342. The van der Waals surface area contributed by atoms with E-state index in [9.17, 15) is 9.59 Å². The van der Waals surface area contributed by atoms with Crippen molar-refractivity contribution in [2.24, 2.45) is 17.3 Å². The molecule has 1 aliphatic heterocycles. The molecule has 0 aliphatic carbocycles. The molecule has 20 heavy (non-hydrogen) atoms. The maximum Gasteiger partial charge on any atom is 0.319 e. The Morgan fingerprint density at radius 3 is 2.25 bits per heavy atom. The Balaban J connectivity index is 2.49. The number of hydrogen-bond donors (Lipinski definition) is 0. The zero-order chi connectivity index (χ0) is 15.3. The van der Waals surface area contributed by atoms with E-state index in [0.717, 1.165) is 31.8 Å². The van der Waals surface area contributed by atoms with Crippen LogP contribution in [0.25, 0.3) is 0 Å². The van der Waals surface area contributed by atoms with Crippen LogP contribution in [0, 0.1) is 17.3 Å². The fourth-order valence-electron chi connectivity index (χ4n) is 2.60. The molecule has 1 saturated heterocycles. The van der Waals surface area contributed by atoms with Crippen LogP contribution in [0.1, 0.15) is 47.5 Å². The molecule has 1 heterocycles. The van der Waals surface area contributed by atoms with Crippen molar-refractivity contribution in [3.8, 4) is 0 Å². The summed E-state index contributed by atoms with van der Waals surface area (Å²) in [5.74, 6) is 1.02. The maximum atomic E-state index is 12.3. The SMILES string of the molecule is CCOC(=O)C(C)(C)C(=O)CN1CCC(C(C)C)CC1. The Labute approximate surface area is 122 Å². The number of hydrogen-bond acceptors (Lipinski definition) is 4. The van der Waals surface area contributed by atoms with Crippen LogP contribution in [0.3, 0.4) is 0 Å². The van der Waals surface area contributed by atoms with Crippen LogP contribution < -0.4 is 0 Å². The summed E-state index contributed by atoms with van der Waals surface area (Å²) >= 11 is 0. The largest absolute Gasteiger partial charge is 0.465 e. The molecule has 4 heteroatoms. The highest BCUT2D eigenvalue weighted by Crippen LogP contribution is 2.26. The van der Waals surface area contributed by atoms with Gasteiger partial charge in [0.2, 0.25) is 0 Å². The van der Waals surface area contributed by atoms with Crippen LogP contribution in [0.15, 0.2) is 0 Å². The van der Waals surface area contributed by atoms with Crippen molar-refractivity contribution >= 4 is 11.8 Å². The van der Waals surface area contributed by atoms with E-state index in [-0.39, 0.29) is 5.78 Å². The van der Waals surface area contributed by atoms with Crippen molar-refractivity contribution in [3.63, 3.8) is 0 Å². The molecule has 4 nitrogen and oxygen atoms in total. The second kappa shape index (κ2) is 7.21. The van der Waals surface area contributed by atoms with E-state index < -0.39 is 11.4 Å². The molecule has 1 aliphatic rings. The average Bonchev–Trinajstić information content (AvgIpc) is 2.39. The highest BCUT2D eigenvalue weighted by molar-refractivity contribution is 6.03. The Hall–Kier alpha value is -0.900. The summed E-state index contributed by atoms with van der Waals surface area (Å²) < 4.78 is 4.99. The highest BCUT2D eigenvalue weighted by atomic mass is 16.5. The lowest BCUT2D eigenvalue weighted by Gasteiger charge is -2.34. The summed E-state index contributed by atoms with van der Waals surface area (Å²) in [4.78, 5) is 26.3. The first-order chi connectivity index (χ1) is 9.28. The summed E-state index contributed by atoms with van der Waals surface area (Å²) in [6, 6.07) is 0. The molecule has 0 spiro atoms. The van der Waals surface area contributed by atoms with E-state index in [1.165, 1.54) is 0 Å². The molecule has 0 N–H and O–H groups in total. The van der Waals surface area contributed by atoms with Crippen molar-refractivity contribution < 1.29 is 14.3 Å². The molecule has 0 atom stereocenters. The number of ether oxygens (including phenoxy) is 1. The molecule has 0 amide bonds. The Kier molecular flexibility index (Phi) is 6.18. The Morgan fingerprint density at radius 1 is 1.25 bits per heavy atom. The van der Waals surface area contributed by atoms with Crippen molar-refractivity contribution in [1.82, 2.24) is 4.90 Å². The second-order valence-electron chi connectivity index (χ2n) is 6.63. The molecule has 116 valence electrons. The molecule has 0 saturated carbocycles. The van der Waals surface area contributed by atoms with Crippen LogP contribution in [0.2, 0.25) is 0 Å². The molecule has 0 radical (unpaired) electrons. The first-order valence-electron chi connectivity index (χ1n) is 7.71. The van der Waals surface area contributed by atoms with E-state index in [1.54, 1.807) is 20.8 Å². The van der Waals surface area contributed by atoms with E-state index >= 15 is 0 Å². The minimum atomic E-state index is -1.04. The van der Waals surface area contributed by atoms with Gasteiger partial charge in [0.1, 0.15) is 5.41 Å². The van der Waals surface area contributed by atoms with Crippen molar-refractivity contribution in [3.05, 3.63) is 0 Å². The number of Topliss-reactive ketones (excluding diaryl/α,β-unsaturated/α-hetero) is 1. The molecular weight excluding hydrogens is 254 g/mol. The van der Waals surface area contributed by atoms with Gasteiger partial charge in [-0.2, -0.15) is 0 Å². The van der Waals surface area contributed by atoms with E-state index in [1.807, 2.05) is 0 Å². The first-order valence-corrected chi connectivity index (χ1v) is 7.71. The number of likely N-dealkylation sites (tertiary alicyclic amines) is 1. The predicted octanol–water partition coefficient (Wildman–Crippen LogP) is 2.51. The number of ketones is 1. The number of carbonyl (C=O) groups excluding carboxylic acids is 2. The highest BCUT2D eigenvalue weighted by Gasteiger charge is 2.38. The molecule has 0 bridgehead atoms. The lowest BCUT2D eigenvalue weighted by atomic mass is 9.85. The quantitative estimate of drug-likeness (QED) is 0.555. The maximum absolute atomic E-state index is 12.3. The van der Waals surface area contributed by atoms with Gasteiger partial charge < -0.3 is 4.74 Å². The van der Waals surface area contributed by atoms with Gasteiger partial charge in [0.15, 0.2) is 5.78 Å². The van der Waals surface area contributed by atoms with Crippen LogP contribution in [0.4, 0.5) is 0 Å². The van der Waals surface area contributed by atoms with Gasteiger partial charge in [-0.25, -0.2) is 0 Å². The summed E-state index contributed by atoms with van der Waals surface area (Å²) in [5.41, 5.74) is -1.04. The van der Waals surface area contributed by atoms with Gasteiger partial charge in [-0.3, -0.25) is 14.5 Å². The normalized spacial score (nSPS) is 18.3. The van der Waals surface area contributed by atoms with Gasteiger partial charge in [0.05, 0.1) is 13.2 Å². The third-order valence-electron chi connectivity index (χ3n) is 4.43. The van der Waals surface area contributed by atoms with Crippen molar-refractivity contribution in [1.29, 1.82) is 0 Å². The van der Waals surface area contributed by atoms with Gasteiger partial charge in [-0.1, -0.05) is 13.8 Å². The topological polar surface area (TPSA) is 46.6 Å². The minimum absolute atomic E-state index is 0.0426. The molecule has 0 aromatic heterocycles. The molecule has 1 rings (SSSR count). The number of nitrogens with zero attached hydrogens (tertiary/aromatic N) is 1. The average molecular weight is 283 g/mol. The lowest BCUT2D eigenvalue weighted by molar-refractivity contribution is -0.158. The summed E-state index contributed by atoms with van der Waals surface area (Å²) in [7, 11) is 0. The third kappa shape index (κ3) is 4.30. The van der Waals surface area contributed by atoms with Gasteiger partial charge in [0, 0.05) is 0 Å². The lowest BCUT2D eigenvalue weighted by Crippen LogP contribution is -2.45. The monoisotopic (exact) mass is 283 g/mol. The fraction of sp³-hybridized carbons (Fsp3) is 0.875. The molecule has 0 aromatic rings. The van der Waals surface area contributed by atoms with E-state index in [2.05, 4.69) is 18.7 Å². The Morgan fingerprint density at radius 2 is 1.80 bits per heavy atom. The van der Waals surface area contributed by atoms with Crippen LogP contribution >= 0.6 is 0 Å². The van der Waals surface area contributed by atoms with Gasteiger partial charge in [0.25, 0.3) is 0 Å². The van der Waals surface area contributed by atoms with Crippen LogP contribution in [-0.2, 0) is 14.3 Å². The predicted molar refractivity (Wildman–Crippen MR) is 79.4 cm³/mol. The van der Waals surface area contributed by atoms with Crippen molar-refractivity contribution in [2.75, 3.05) is 26.2 Å². The zero-order valence-electron chi connectivity index (χ0n) is 13.6. The summed E-state index contributed by atoms with van der Waals surface area (Å²) in [6.45, 7) is 12.2. The zero-order valence-corrected chi connectivity index (χ0v) is 13.6. The standard InChI is InChI=1S/C16H29NO3/c1-6-20-15(19)16(4,5)14(18)11-17-9-7-13(8-10-17)12(2)3/h12-13H,6-11H2,1-5H3. The van der Waals surface area contributed by atoms with Crippen LogP contribution in [-0.4, -0.2) is 42.9 Å². The molecular formula is C16H29NO3. The fourth-order valence-corrected chi connectivity index (χ4v) is 2.60. The number of esters is 1. The van der Waals surface area contributed by atoms with Gasteiger partial charge in [-0.15, -0.1) is 0 Å². The number of piperidine rings is 1. The smallest absolute Gasteiger partial charge is 0.319 e. The van der Waals surface area contributed by atoms with Gasteiger partial charge in [-0.05, 0) is 58.5 Å².